The summed E-state index contributed by atoms with van der Waals surface area (Å²) in [6.07, 6.45) is 1.28. The molecule has 0 atom stereocenters. The van der Waals surface area contributed by atoms with Crippen molar-refractivity contribution in [3.05, 3.63) is 47.4 Å². The molecule has 3 aromatic rings. The first-order valence-corrected chi connectivity index (χ1v) is 9.21. The fraction of sp³-hybridized carbons (Fsp3) is 0.316. The van der Waals surface area contributed by atoms with E-state index in [1.54, 1.807) is 0 Å². The maximum Gasteiger partial charge on any atom is 0.255 e. The van der Waals surface area contributed by atoms with E-state index in [1.165, 1.54) is 10.8 Å². The number of alkyl halides is 1. The highest BCUT2D eigenvalue weighted by molar-refractivity contribution is 6.33. The third-order valence-electron chi connectivity index (χ3n) is 4.11. The van der Waals surface area contributed by atoms with E-state index in [2.05, 4.69) is 21.6 Å². The van der Waals surface area contributed by atoms with Crippen LogP contribution in [0.5, 0.6) is 5.75 Å². The standard InChI is InChI=1S/C19H19ClF3N5O/c1-4-27(9-11(2)3)18-16(17(20)26-19-24-10-25-28(18)19)15-13(22)7-12(8-14(15)23)29-6-5-21/h7-8,10H,2,4-6,9H2,1,3H3. The molecule has 0 saturated heterocycles. The van der Waals surface area contributed by atoms with Gasteiger partial charge >= 0.3 is 0 Å². The Balaban J connectivity index is 2.28. The topological polar surface area (TPSA) is 55.5 Å². The van der Waals surface area contributed by atoms with Gasteiger partial charge in [0.1, 0.15) is 48.0 Å². The highest BCUT2D eigenvalue weighted by Crippen LogP contribution is 2.40. The number of anilines is 1. The average molecular weight is 426 g/mol. The number of hydrogen-bond acceptors (Lipinski definition) is 5. The number of benzene rings is 1. The van der Waals surface area contributed by atoms with Gasteiger partial charge in [0.05, 0.1) is 11.1 Å². The zero-order chi connectivity index (χ0) is 21.1. The fourth-order valence-corrected chi connectivity index (χ4v) is 3.26. The van der Waals surface area contributed by atoms with Crippen molar-refractivity contribution >= 4 is 23.2 Å². The number of nitrogens with zero attached hydrogens (tertiary/aromatic N) is 5. The summed E-state index contributed by atoms with van der Waals surface area (Å²) in [5.41, 5.74) is 0.470. The zero-order valence-corrected chi connectivity index (χ0v) is 16.7. The highest BCUT2D eigenvalue weighted by Gasteiger charge is 2.27. The van der Waals surface area contributed by atoms with Gasteiger partial charge in [-0.2, -0.15) is 19.6 Å². The third-order valence-corrected chi connectivity index (χ3v) is 4.39. The molecule has 0 spiro atoms. The normalized spacial score (nSPS) is 11.1. The summed E-state index contributed by atoms with van der Waals surface area (Å²) in [5, 5.41) is 4.01. The summed E-state index contributed by atoms with van der Waals surface area (Å²) in [6.45, 7) is 7.42. The van der Waals surface area contributed by atoms with Crippen LogP contribution in [0.3, 0.4) is 0 Å². The number of hydrogen-bond donors (Lipinski definition) is 0. The smallest absolute Gasteiger partial charge is 0.255 e. The maximum absolute atomic E-state index is 15.0. The molecule has 0 aliphatic rings. The highest BCUT2D eigenvalue weighted by atomic mass is 35.5. The molecule has 0 amide bonds. The summed E-state index contributed by atoms with van der Waals surface area (Å²) in [7, 11) is 0. The SMILES string of the molecule is C=C(C)CN(CC)c1c(-c2c(F)cc(OCCF)cc2F)c(Cl)nc2ncnn12. The summed E-state index contributed by atoms with van der Waals surface area (Å²) in [5.74, 6) is -1.44. The molecule has 0 saturated carbocycles. The lowest BCUT2D eigenvalue weighted by Gasteiger charge is -2.26. The van der Waals surface area contributed by atoms with E-state index in [1.807, 2.05) is 18.7 Å². The van der Waals surface area contributed by atoms with Gasteiger partial charge < -0.3 is 9.64 Å². The molecule has 2 heterocycles. The molecular formula is C19H19ClF3N5O. The van der Waals surface area contributed by atoms with Crippen molar-refractivity contribution in [2.45, 2.75) is 13.8 Å². The molecular weight excluding hydrogens is 407 g/mol. The number of ether oxygens (including phenoxy) is 1. The molecule has 2 aromatic heterocycles. The van der Waals surface area contributed by atoms with E-state index in [0.717, 1.165) is 17.7 Å². The third kappa shape index (κ3) is 4.14. The number of likely N-dealkylation sites (N-methyl/N-ethyl adjacent to an activating group) is 1. The Morgan fingerprint density at radius 2 is 1.97 bits per heavy atom. The Kier molecular flexibility index (Phi) is 6.26. The Morgan fingerprint density at radius 3 is 2.55 bits per heavy atom. The molecule has 10 heteroatoms. The predicted octanol–water partition coefficient (Wildman–Crippen LogP) is 4.47. The van der Waals surface area contributed by atoms with Crippen LogP contribution in [0.25, 0.3) is 16.9 Å². The first-order chi connectivity index (χ1) is 13.9. The predicted molar refractivity (Wildman–Crippen MR) is 105 cm³/mol. The van der Waals surface area contributed by atoms with Gasteiger partial charge in [0.2, 0.25) is 0 Å². The van der Waals surface area contributed by atoms with Crippen LogP contribution >= 0.6 is 11.6 Å². The van der Waals surface area contributed by atoms with Crippen molar-refractivity contribution < 1.29 is 17.9 Å². The van der Waals surface area contributed by atoms with E-state index in [4.69, 9.17) is 16.3 Å². The first kappa shape index (κ1) is 20.9. The van der Waals surface area contributed by atoms with Crippen LogP contribution in [0.15, 0.2) is 30.6 Å². The minimum absolute atomic E-state index is 0.0276. The average Bonchev–Trinajstić information content (AvgIpc) is 3.12. The summed E-state index contributed by atoms with van der Waals surface area (Å²) in [6, 6.07) is 1.96. The summed E-state index contributed by atoms with van der Waals surface area (Å²) < 4.78 is 48.6. The van der Waals surface area contributed by atoms with Crippen molar-refractivity contribution in [2.24, 2.45) is 0 Å². The minimum atomic E-state index is -0.922. The van der Waals surface area contributed by atoms with Gasteiger partial charge in [-0.3, -0.25) is 0 Å². The molecule has 0 aliphatic heterocycles. The number of halogens is 4. The van der Waals surface area contributed by atoms with Crippen molar-refractivity contribution in [1.29, 1.82) is 0 Å². The van der Waals surface area contributed by atoms with E-state index in [0.29, 0.717) is 18.9 Å². The van der Waals surface area contributed by atoms with Crippen LogP contribution in [0.2, 0.25) is 5.15 Å². The van der Waals surface area contributed by atoms with E-state index < -0.39 is 18.3 Å². The molecule has 0 radical (unpaired) electrons. The lowest BCUT2D eigenvalue weighted by Crippen LogP contribution is -2.28. The molecule has 0 aliphatic carbocycles. The van der Waals surface area contributed by atoms with Gasteiger partial charge in [-0.1, -0.05) is 23.8 Å². The maximum atomic E-state index is 15.0. The molecule has 0 fully saturated rings. The summed E-state index contributed by atoms with van der Waals surface area (Å²) in [4.78, 5) is 9.96. The second-order valence-corrected chi connectivity index (χ2v) is 6.70. The second kappa shape index (κ2) is 8.69. The molecule has 3 rings (SSSR count). The Bertz CT molecular complexity index is 1030. The van der Waals surface area contributed by atoms with Crippen LogP contribution in [0.1, 0.15) is 13.8 Å². The van der Waals surface area contributed by atoms with Crippen molar-refractivity contribution in [1.82, 2.24) is 19.6 Å². The lowest BCUT2D eigenvalue weighted by molar-refractivity contribution is 0.271. The van der Waals surface area contributed by atoms with Gasteiger partial charge in [-0.25, -0.2) is 13.2 Å². The quantitative estimate of drug-likeness (QED) is 0.393. The summed E-state index contributed by atoms with van der Waals surface area (Å²) >= 11 is 6.35. The van der Waals surface area contributed by atoms with Crippen LogP contribution in [0, 0.1) is 11.6 Å². The van der Waals surface area contributed by atoms with Crippen LogP contribution in [-0.4, -0.2) is 46.0 Å². The Hall–Kier alpha value is -2.81. The van der Waals surface area contributed by atoms with Crippen LogP contribution < -0.4 is 9.64 Å². The molecule has 29 heavy (non-hydrogen) atoms. The largest absolute Gasteiger partial charge is 0.491 e. The van der Waals surface area contributed by atoms with Crippen molar-refractivity contribution in [3.63, 3.8) is 0 Å². The number of fused-ring (bicyclic) bond motifs is 1. The fourth-order valence-electron chi connectivity index (χ4n) is 3.00. The van der Waals surface area contributed by atoms with Gasteiger partial charge in [0.25, 0.3) is 5.78 Å². The number of rotatable bonds is 8. The molecule has 0 N–H and O–H groups in total. The Morgan fingerprint density at radius 1 is 1.28 bits per heavy atom. The van der Waals surface area contributed by atoms with Gasteiger partial charge in [-0.15, -0.1) is 0 Å². The van der Waals surface area contributed by atoms with Gasteiger partial charge in [-0.05, 0) is 13.8 Å². The molecule has 6 nitrogen and oxygen atoms in total. The Labute approximate surface area is 170 Å². The van der Waals surface area contributed by atoms with E-state index >= 15 is 0 Å². The molecule has 0 unspecified atom stereocenters. The lowest BCUT2D eigenvalue weighted by atomic mass is 10.1. The van der Waals surface area contributed by atoms with E-state index in [-0.39, 0.29) is 34.4 Å². The van der Waals surface area contributed by atoms with Gasteiger partial charge in [0.15, 0.2) is 0 Å². The zero-order valence-electron chi connectivity index (χ0n) is 15.9. The van der Waals surface area contributed by atoms with E-state index in [9.17, 15) is 13.2 Å². The molecule has 0 bridgehead atoms. The first-order valence-electron chi connectivity index (χ1n) is 8.84. The molecule has 154 valence electrons. The van der Waals surface area contributed by atoms with Crippen molar-refractivity contribution in [2.75, 3.05) is 31.3 Å². The van der Waals surface area contributed by atoms with Crippen LogP contribution in [0.4, 0.5) is 19.0 Å². The number of aromatic nitrogens is 4. The monoisotopic (exact) mass is 425 g/mol. The van der Waals surface area contributed by atoms with Crippen molar-refractivity contribution in [3.8, 4) is 16.9 Å². The minimum Gasteiger partial charge on any atom is -0.491 e. The second-order valence-electron chi connectivity index (χ2n) is 6.34. The van der Waals surface area contributed by atoms with Gasteiger partial charge in [0, 0.05) is 25.2 Å². The van der Waals surface area contributed by atoms with Crippen LogP contribution in [-0.2, 0) is 0 Å². The molecule has 1 aromatic carbocycles.